The monoisotopic (exact) mass is 252 g/mol. The molecule has 0 bridgehead atoms. The van der Waals surface area contributed by atoms with Gasteiger partial charge in [-0.1, -0.05) is 19.1 Å². The summed E-state index contributed by atoms with van der Waals surface area (Å²) in [6.45, 7) is 1.98. The maximum absolute atomic E-state index is 12.9. The molecule has 0 amide bonds. The molecule has 0 saturated carbocycles. The first kappa shape index (κ1) is 14.2. The van der Waals surface area contributed by atoms with Gasteiger partial charge in [0.2, 0.25) is 5.83 Å². The molecule has 98 valence electrons. The molecule has 18 heavy (non-hydrogen) atoms. The molecule has 1 aromatic rings. The molecule has 0 spiro atoms. The van der Waals surface area contributed by atoms with E-state index in [0.717, 1.165) is 23.8 Å². The number of aliphatic carboxylic acids is 1. The van der Waals surface area contributed by atoms with Gasteiger partial charge >= 0.3 is 5.97 Å². The second-order valence-corrected chi connectivity index (χ2v) is 3.97. The Morgan fingerprint density at radius 3 is 2.83 bits per heavy atom. The van der Waals surface area contributed by atoms with Crippen molar-refractivity contribution in [3.63, 3.8) is 0 Å². The van der Waals surface area contributed by atoms with Gasteiger partial charge in [0.25, 0.3) is 0 Å². The second kappa shape index (κ2) is 6.79. The molecule has 1 aromatic carbocycles. The van der Waals surface area contributed by atoms with Crippen LogP contribution in [0, 0.1) is 0 Å². The van der Waals surface area contributed by atoms with E-state index < -0.39 is 11.8 Å². The van der Waals surface area contributed by atoms with Gasteiger partial charge in [-0.15, -0.1) is 0 Å². The minimum atomic E-state index is -1.52. The normalized spacial score (nSPS) is 13.2. The summed E-state index contributed by atoms with van der Waals surface area (Å²) >= 11 is 0. The van der Waals surface area contributed by atoms with Crippen molar-refractivity contribution in [1.29, 1.82) is 0 Å². The van der Waals surface area contributed by atoms with E-state index in [9.17, 15) is 9.18 Å². The minimum Gasteiger partial charge on any atom is -0.497 e. The molecule has 0 fully saturated rings. The molecule has 4 heteroatoms. The molecule has 0 aromatic heterocycles. The molecule has 1 N–H and O–H groups in total. The van der Waals surface area contributed by atoms with Crippen LogP contribution < -0.4 is 4.74 Å². The van der Waals surface area contributed by atoms with Gasteiger partial charge in [0.1, 0.15) is 5.75 Å². The van der Waals surface area contributed by atoms with Gasteiger partial charge in [0.15, 0.2) is 0 Å². The topological polar surface area (TPSA) is 46.5 Å². The summed E-state index contributed by atoms with van der Waals surface area (Å²) in [5, 5.41) is 8.46. The van der Waals surface area contributed by atoms with Crippen LogP contribution in [0.1, 0.15) is 31.2 Å². The Morgan fingerprint density at radius 1 is 1.56 bits per heavy atom. The Labute approximate surface area is 106 Å². The first-order chi connectivity index (χ1) is 8.58. The predicted octanol–water partition coefficient (Wildman–Crippen LogP) is 3.52. The highest BCUT2D eigenvalue weighted by Gasteiger charge is 2.11. The number of carbonyl (C=O) groups is 1. The molecule has 0 heterocycles. The molecule has 1 rings (SSSR count). The number of hydrogen-bond acceptors (Lipinski definition) is 2. The zero-order valence-electron chi connectivity index (χ0n) is 10.5. The zero-order chi connectivity index (χ0) is 13.5. The van der Waals surface area contributed by atoms with Crippen molar-refractivity contribution in [3.05, 3.63) is 41.7 Å². The van der Waals surface area contributed by atoms with Crippen molar-refractivity contribution in [2.45, 2.75) is 25.7 Å². The van der Waals surface area contributed by atoms with E-state index in [0.29, 0.717) is 6.42 Å². The van der Waals surface area contributed by atoms with E-state index in [1.54, 1.807) is 7.11 Å². The average Bonchev–Trinajstić information content (AvgIpc) is 2.39. The quantitative estimate of drug-likeness (QED) is 0.788. The van der Waals surface area contributed by atoms with Gasteiger partial charge in [0, 0.05) is 0 Å². The highest BCUT2D eigenvalue weighted by atomic mass is 19.1. The van der Waals surface area contributed by atoms with Gasteiger partial charge in [-0.05, 0) is 42.5 Å². The number of carboxylic acid groups (broad SMARTS) is 1. The van der Waals surface area contributed by atoms with Crippen molar-refractivity contribution < 1.29 is 19.0 Å². The number of methoxy groups -OCH3 is 1. The van der Waals surface area contributed by atoms with Crippen LogP contribution in [0.15, 0.2) is 36.2 Å². The van der Waals surface area contributed by atoms with Gasteiger partial charge in [0.05, 0.1) is 7.11 Å². The molecule has 0 aliphatic heterocycles. The van der Waals surface area contributed by atoms with Gasteiger partial charge in [-0.25, -0.2) is 4.79 Å². The molecule has 0 radical (unpaired) electrons. The van der Waals surface area contributed by atoms with Gasteiger partial charge in [-0.3, -0.25) is 0 Å². The third-order valence-corrected chi connectivity index (χ3v) is 2.84. The van der Waals surface area contributed by atoms with Crippen LogP contribution in [-0.2, 0) is 4.79 Å². The third-order valence-electron chi connectivity index (χ3n) is 2.84. The Morgan fingerprint density at radius 2 is 2.28 bits per heavy atom. The highest BCUT2D eigenvalue weighted by molar-refractivity contribution is 5.83. The second-order valence-electron chi connectivity index (χ2n) is 3.97. The van der Waals surface area contributed by atoms with Crippen LogP contribution in [0.2, 0.25) is 0 Å². The molecule has 0 aliphatic rings. The SMILES string of the molecule is CCC(CC=C(F)C(=O)O)c1cccc(OC)c1. The van der Waals surface area contributed by atoms with Crippen LogP contribution >= 0.6 is 0 Å². The Balaban J connectivity index is 2.83. The minimum absolute atomic E-state index is 0.0881. The number of benzene rings is 1. The van der Waals surface area contributed by atoms with Crippen LogP contribution in [0.25, 0.3) is 0 Å². The fraction of sp³-hybridized carbons (Fsp3) is 0.357. The van der Waals surface area contributed by atoms with E-state index in [1.807, 2.05) is 31.2 Å². The summed E-state index contributed by atoms with van der Waals surface area (Å²) in [7, 11) is 1.59. The fourth-order valence-corrected chi connectivity index (χ4v) is 1.77. The summed E-state index contributed by atoms with van der Waals surface area (Å²) in [4.78, 5) is 10.4. The number of carboxylic acids is 1. The summed E-state index contributed by atoms with van der Waals surface area (Å²) in [6, 6.07) is 7.53. The van der Waals surface area contributed by atoms with Gasteiger partial charge in [-0.2, -0.15) is 4.39 Å². The smallest absolute Gasteiger partial charge is 0.364 e. The van der Waals surface area contributed by atoms with E-state index in [-0.39, 0.29) is 5.92 Å². The lowest BCUT2D eigenvalue weighted by atomic mass is 9.93. The Kier molecular flexibility index (Phi) is 5.36. The number of rotatable bonds is 6. The zero-order valence-corrected chi connectivity index (χ0v) is 10.5. The lowest BCUT2D eigenvalue weighted by Gasteiger charge is -2.14. The molecule has 0 aliphatic carbocycles. The predicted molar refractivity (Wildman–Crippen MR) is 67.5 cm³/mol. The van der Waals surface area contributed by atoms with E-state index in [4.69, 9.17) is 9.84 Å². The Bertz CT molecular complexity index is 440. The number of ether oxygens (including phenoxy) is 1. The highest BCUT2D eigenvalue weighted by Crippen LogP contribution is 2.27. The van der Waals surface area contributed by atoms with Crippen molar-refractivity contribution >= 4 is 5.97 Å². The lowest BCUT2D eigenvalue weighted by Crippen LogP contribution is -1.99. The summed E-state index contributed by atoms with van der Waals surface area (Å²) in [5.41, 5.74) is 1.02. The summed E-state index contributed by atoms with van der Waals surface area (Å²) in [6.07, 6.45) is 2.29. The number of halogens is 1. The number of hydrogen-bond donors (Lipinski definition) is 1. The maximum Gasteiger partial charge on any atom is 0.364 e. The first-order valence-corrected chi connectivity index (χ1v) is 5.81. The van der Waals surface area contributed by atoms with E-state index in [2.05, 4.69) is 0 Å². The molecular weight excluding hydrogens is 235 g/mol. The summed E-state index contributed by atoms with van der Waals surface area (Å²) in [5.74, 6) is -1.79. The van der Waals surface area contributed by atoms with Crippen LogP contribution in [0.5, 0.6) is 5.75 Å². The van der Waals surface area contributed by atoms with Crippen LogP contribution in [0.4, 0.5) is 4.39 Å². The number of allylic oxidation sites excluding steroid dienone is 1. The van der Waals surface area contributed by atoms with Crippen molar-refractivity contribution in [2.75, 3.05) is 7.11 Å². The standard InChI is InChI=1S/C14H17FO3/c1-3-10(7-8-13(15)14(16)17)11-5-4-6-12(9-11)18-2/h4-6,8-10H,3,7H2,1-2H3,(H,16,17). The first-order valence-electron chi connectivity index (χ1n) is 5.81. The van der Waals surface area contributed by atoms with Gasteiger partial charge < -0.3 is 9.84 Å². The maximum atomic E-state index is 12.9. The molecular formula is C14H17FO3. The van der Waals surface area contributed by atoms with Crippen LogP contribution in [-0.4, -0.2) is 18.2 Å². The largest absolute Gasteiger partial charge is 0.497 e. The van der Waals surface area contributed by atoms with E-state index in [1.165, 1.54) is 0 Å². The molecule has 3 nitrogen and oxygen atoms in total. The molecule has 1 unspecified atom stereocenters. The van der Waals surface area contributed by atoms with Crippen LogP contribution in [0.3, 0.4) is 0 Å². The molecule has 1 atom stereocenters. The van der Waals surface area contributed by atoms with E-state index >= 15 is 0 Å². The average molecular weight is 252 g/mol. The summed E-state index contributed by atoms with van der Waals surface area (Å²) < 4.78 is 18.1. The van der Waals surface area contributed by atoms with Crippen molar-refractivity contribution in [3.8, 4) is 5.75 Å². The molecule has 0 saturated heterocycles. The lowest BCUT2D eigenvalue weighted by molar-refractivity contribution is -0.134. The third kappa shape index (κ3) is 3.87. The van der Waals surface area contributed by atoms with Crippen molar-refractivity contribution in [2.24, 2.45) is 0 Å². The Hall–Kier alpha value is -1.84. The van der Waals surface area contributed by atoms with Crippen molar-refractivity contribution in [1.82, 2.24) is 0 Å². The fourth-order valence-electron chi connectivity index (χ4n) is 1.77.